The van der Waals surface area contributed by atoms with E-state index in [0.29, 0.717) is 18.6 Å². The lowest BCUT2D eigenvalue weighted by Crippen LogP contribution is -2.42. The van der Waals surface area contributed by atoms with Crippen molar-refractivity contribution in [3.05, 3.63) is 39.9 Å². The Labute approximate surface area is 135 Å². The molecule has 1 aromatic rings. The molecule has 7 heteroatoms. The molecule has 0 aromatic heterocycles. The molecule has 0 bridgehead atoms. The summed E-state index contributed by atoms with van der Waals surface area (Å²) in [5.74, 6) is -0.544. The average molecular weight is 322 g/mol. The van der Waals surface area contributed by atoms with Crippen molar-refractivity contribution in [2.75, 3.05) is 6.61 Å². The van der Waals surface area contributed by atoms with Gasteiger partial charge in [-0.25, -0.2) is 4.79 Å². The molecular weight excluding hydrogens is 300 g/mol. The third kappa shape index (κ3) is 6.46. The number of nitrogens with one attached hydrogen (secondary N) is 1. The van der Waals surface area contributed by atoms with E-state index in [9.17, 15) is 19.7 Å². The summed E-state index contributed by atoms with van der Waals surface area (Å²) < 4.78 is 5.12. The number of esters is 1. The van der Waals surface area contributed by atoms with E-state index in [1.165, 1.54) is 24.3 Å². The summed E-state index contributed by atoms with van der Waals surface area (Å²) in [5, 5.41) is 13.2. The van der Waals surface area contributed by atoms with E-state index in [0.717, 1.165) is 0 Å². The molecule has 0 aliphatic heterocycles. The smallest absolute Gasteiger partial charge is 0.328 e. The third-order valence-electron chi connectivity index (χ3n) is 3.10. The molecule has 126 valence electrons. The molecule has 0 radical (unpaired) electrons. The molecule has 0 aliphatic carbocycles. The van der Waals surface area contributed by atoms with Crippen LogP contribution in [0.4, 0.5) is 5.69 Å². The topological polar surface area (TPSA) is 98.5 Å². The molecule has 1 aromatic carbocycles. The summed E-state index contributed by atoms with van der Waals surface area (Å²) in [5.41, 5.74) is 0.608. The van der Waals surface area contributed by atoms with Crippen LogP contribution in [0.25, 0.3) is 0 Å². The molecule has 1 N–H and O–H groups in total. The van der Waals surface area contributed by atoms with Crippen LogP contribution < -0.4 is 5.32 Å². The highest BCUT2D eigenvalue weighted by Gasteiger charge is 2.20. The Hall–Kier alpha value is -2.44. The summed E-state index contributed by atoms with van der Waals surface area (Å²) in [7, 11) is 0. The molecule has 7 nitrogen and oxygen atoms in total. The van der Waals surface area contributed by atoms with E-state index >= 15 is 0 Å². The fraction of sp³-hybridized carbons (Fsp3) is 0.500. The van der Waals surface area contributed by atoms with Crippen LogP contribution in [-0.4, -0.2) is 29.4 Å². The van der Waals surface area contributed by atoms with Gasteiger partial charge in [-0.15, -0.1) is 0 Å². The van der Waals surface area contributed by atoms with Crippen molar-refractivity contribution in [1.29, 1.82) is 0 Å². The van der Waals surface area contributed by atoms with Crippen LogP contribution in [-0.2, 0) is 20.7 Å². The number of benzene rings is 1. The molecule has 0 fully saturated rings. The number of nitro benzene ring substituents is 1. The van der Waals surface area contributed by atoms with Gasteiger partial charge < -0.3 is 10.1 Å². The van der Waals surface area contributed by atoms with Gasteiger partial charge in [0.15, 0.2) is 0 Å². The van der Waals surface area contributed by atoms with Gasteiger partial charge in [0.25, 0.3) is 5.69 Å². The van der Waals surface area contributed by atoms with Gasteiger partial charge in [0.1, 0.15) is 6.04 Å². The van der Waals surface area contributed by atoms with Crippen LogP contribution in [0.3, 0.4) is 0 Å². The maximum atomic E-state index is 12.0. The lowest BCUT2D eigenvalue weighted by molar-refractivity contribution is -0.384. The number of ether oxygens (including phenoxy) is 1. The highest BCUT2D eigenvalue weighted by molar-refractivity contribution is 5.85. The minimum Gasteiger partial charge on any atom is -0.464 e. The number of nitro groups is 1. The lowest BCUT2D eigenvalue weighted by atomic mass is 10.1. The summed E-state index contributed by atoms with van der Waals surface area (Å²) in [6.07, 6.45) is 0.481. The minimum absolute atomic E-state index is 0.0298. The van der Waals surface area contributed by atoms with Crippen molar-refractivity contribution < 1.29 is 19.2 Å². The minimum atomic E-state index is -0.681. The maximum absolute atomic E-state index is 12.0. The molecule has 0 aliphatic rings. The molecule has 1 atom stereocenters. The van der Waals surface area contributed by atoms with Gasteiger partial charge in [0, 0.05) is 12.1 Å². The molecule has 1 unspecified atom stereocenters. The largest absolute Gasteiger partial charge is 0.464 e. The molecule has 0 saturated carbocycles. The Morgan fingerprint density at radius 2 is 1.87 bits per heavy atom. The zero-order valence-corrected chi connectivity index (χ0v) is 13.6. The maximum Gasteiger partial charge on any atom is 0.328 e. The fourth-order valence-corrected chi connectivity index (χ4v) is 1.84. The zero-order valence-electron chi connectivity index (χ0n) is 13.6. The van der Waals surface area contributed by atoms with Crippen LogP contribution in [0.5, 0.6) is 0 Å². The van der Waals surface area contributed by atoms with Gasteiger partial charge in [-0.2, -0.15) is 0 Å². The van der Waals surface area contributed by atoms with E-state index in [1.54, 1.807) is 6.92 Å². The summed E-state index contributed by atoms with van der Waals surface area (Å²) >= 11 is 0. The Bertz CT molecular complexity index is 554. The number of non-ortho nitro benzene ring substituents is 1. The van der Waals surface area contributed by atoms with E-state index in [1.807, 2.05) is 13.8 Å². The third-order valence-corrected chi connectivity index (χ3v) is 3.10. The second kappa shape index (κ2) is 8.87. The first-order valence-electron chi connectivity index (χ1n) is 7.52. The average Bonchev–Trinajstić information content (AvgIpc) is 2.50. The monoisotopic (exact) mass is 322 g/mol. The Morgan fingerprint density at radius 1 is 1.26 bits per heavy atom. The quantitative estimate of drug-likeness (QED) is 0.449. The molecule has 1 amide bonds. The Balaban J connectivity index is 2.56. The van der Waals surface area contributed by atoms with Gasteiger partial charge in [0.05, 0.1) is 18.0 Å². The zero-order chi connectivity index (χ0) is 17.4. The number of carbonyl (C=O) groups excluding carboxylic acids is 2. The number of carbonyl (C=O) groups is 2. The number of rotatable bonds is 8. The van der Waals surface area contributed by atoms with Crippen LogP contribution in [0.1, 0.15) is 32.8 Å². The predicted molar refractivity (Wildman–Crippen MR) is 84.8 cm³/mol. The van der Waals surface area contributed by atoms with Gasteiger partial charge >= 0.3 is 5.97 Å². The van der Waals surface area contributed by atoms with Crippen molar-refractivity contribution in [3.8, 4) is 0 Å². The normalized spacial score (nSPS) is 11.8. The Kier molecular flexibility index (Phi) is 7.18. The van der Waals surface area contributed by atoms with E-state index in [-0.39, 0.29) is 23.9 Å². The summed E-state index contributed by atoms with van der Waals surface area (Å²) in [6, 6.07) is 5.05. The second-order valence-electron chi connectivity index (χ2n) is 5.65. The predicted octanol–water partition coefficient (Wildman–Crippen LogP) is 2.23. The Morgan fingerprint density at radius 3 is 2.35 bits per heavy atom. The van der Waals surface area contributed by atoms with Gasteiger partial charge in [0.2, 0.25) is 5.91 Å². The molecule has 0 heterocycles. The van der Waals surface area contributed by atoms with Gasteiger partial charge in [-0.05, 0) is 17.9 Å². The molecule has 1 rings (SSSR count). The van der Waals surface area contributed by atoms with Crippen molar-refractivity contribution in [2.45, 2.75) is 39.7 Å². The summed E-state index contributed by atoms with van der Waals surface area (Å²) in [4.78, 5) is 33.9. The first-order valence-corrected chi connectivity index (χ1v) is 7.52. The van der Waals surface area contributed by atoms with E-state index in [2.05, 4.69) is 5.32 Å². The fourth-order valence-electron chi connectivity index (χ4n) is 1.84. The highest BCUT2D eigenvalue weighted by Crippen LogP contribution is 2.12. The summed E-state index contributed by atoms with van der Waals surface area (Å²) in [6.45, 7) is 5.96. The number of hydrogen-bond acceptors (Lipinski definition) is 5. The SMILES string of the molecule is CCC(NC(=O)Cc1ccc([N+](=O)[O-])cc1)C(=O)OCC(C)C. The lowest BCUT2D eigenvalue weighted by Gasteiger charge is -2.17. The van der Waals surface area contributed by atoms with Crippen molar-refractivity contribution in [1.82, 2.24) is 5.32 Å². The van der Waals surface area contributed by atoms with Gasteiger partial charge in [-0.1, -0.05) is 32.9 Å². The van der Waals surface area contributed by atoms with E-state index in [4.69, 9.17) is 4.74 Å². The molecular formula is C16H22N2O5. The number of hydrogen-bond donors (Lipinski definition) is 1. The molecule has 0 saturated heterocycles. The molecule has 0 spiro atoms. The number of amides is 1. The van der Waals surface area contributed by atoms with Crippen LogP contribution in [0.2, 0.25) is 0 Å². The second-order valence-corrected chi connectivity index (χ2v) is 5.65. The van der Waals surface area contributed by atoms with Crippen molar-refractivity contribution in [3.63, 3.8) is 0 Å². The van der Waals surface area contributed by atoms with Crippen LogP contribution >= 0.6 is 0 Å². The van der Waals surface area contributed by atoms with Gasteiger partial charge in [-0.3, -0.25) is 14.9 Å². The highest BCUT2D eigenvalue weighted by atomic mass is 16.6. The van der Waals surface area contributed by atoms with E-state index < -0.39 is 16.9 Å². The first-order chi connectivity index (χ1) is 10.8. The van der Waals surface area contributed by atoms with Crippen molar-refractivity contribution in [2.24, 2.45) is 5.92 Å². The molecule has 23 heavy (non-hydrogen) atoms. The number of nitrogens with zero attached hydrogens (tertiary/aromatic N) is 1. The standard InChI is InChI=1S/C16H22N2O5/c1-4-14(16(20)23-10-11(2)3)17-15(19)9-12-5-7-13(8-6-12)18(21)22/h5-8,11,14H,4,9-10H2,1-3H3,(H,17,19). The van der Waals surface area contributed by atoms with Crippen LogP contribution in [0, 0.1) is 16.0 Å². The first kappa shape index (κ1) is 18.6. The van der Waals surface area contributed by atoms with Crippen LogP contribution in [0.15, 0.2) is 24.3 Å². The van der Waals surface area contributed by atoms with Crippen molar-refractivity contribution >= 4 is 17.6 Å².